The molecule has 0 bridgehead atoms. The molecule has 3 N–H and O–H groups in total. The van der Waals surface area contributed by atoms with Gasteiger partial charge >= 0.3 is 0 Å². The lowest BCUT2D eigenvalue weighted by molar-refractivity contribution is 0.300. The van der Waals surface area contributed by atoms with Crippen molar-refractivity contribution in [2.45, 2.75) is 19.3 Å². The Labute approximate surface area is 229 Å². The summed E-state index contributed by atoms with van der Waals surface area (Å²) in [4.78, 5) is 21.5. The number of H-pyrrole nitrogens is 1. The van der Waals surface area contributed by atoms with Crippen LogP contribution >= 0.6 is 0 Å². The molecule has 0 spiro atoms. The Hall–Kier alpha value is -4.48. The van der Waals surface area contributed by atoms with Crippen LogP contribution in [0.5, 0.6) is 11.5 Å². The third-order valence-corrected chi connectivity index (χ3v) is 7.13. The van der Waals surface area contributed by atoms with Gasteiger partial charge in [0.05, 0.1) is 23.7 Å². The Morgan fingerprint density at radius 3 is 2.42 bits per heavy atom. The van der Waals surface area contributed by atoms with Gasteiger partial charge in [-0.1, -0.05) is 36.4 Å². The predicted molar refractivity (Wildman–Crippen MR) is 147 cm³/mol. The topological polar surface area (TPSA) is 135 Å². The molecule has 2 heterocycles. The van der Waals surface area contributed by atoms with Gasteiger partial charge < -0.3 is 14.8 Å². The fourth-order valence-corrected chi connectivity index (χ4v) is 4.87. The molecule has 0 aromatic heterocycles. The highest BCUT2D eigenvalue weighted by Crippen LogP contribution is 2.26. The average molecular weight is 564 g/mol. The zero-order valence-electron chi connectivity index (χ0n) is 21.2. The molecule has 3 aromatic rings. The SMILES string of the molecule is O=c1c(Cc2ccc(OCCCS(=O)(=O)O)c(F)c2)nc2c(Cc3ccccc3)[nH]c(-c3ccc(O)cc3)cn1-2. The number of nitrogens with zero attached hydrogens (tertiary/aromatic N) is 2. The van der Waals surface area contributed by atoms with Gasteiger partial charge in [-0.15, -0.1) is 0 Å². The number of phenolic OH excluding ortho intramolecular Hbond substituents is 1. The van der Waals surface area contributed by atoms with Crippen LogP contribution in [0.15, 0.2) is 83.8 Å². The number of hydrogen-bond donors (Lipinski definition) is 3. The lowest BCUT2D eigenvalue weighted by atomic mass is 10.1. The van der Waals surface area contributed by atoms with Gasteiger partial charge in [0, 0.05) is 19.0 Å². The van der Waals surface area contributed by atoms with Crippen LogP contribution in [0, 0.1) is 5.82 Å². The molecule has 0 saturated carbocycles. The lowest BCUT2D eigenvalue weighted by Gasteiger charge is -2.13. The highest BCUT2D eigenvalue weighted by atomic mass is 32.2. The summed E-state index contributed by atoms with van der Waals surface area (Å²) in [6.45, 7) is -0.0861. The van der Waals surface area contributed by atoms with Crippen LogP contribution in [0.3, 0.4) is 0 Å². The average Bonchev–Trinajstić information content (AvgIpc) is 3.23. The number of aromatic hydroxyl groups is 1. The highest BCUT2D eigenvalue weighted by Gasteiger charge is 2.21. The summed E-state index contributed by atoms with van der Waals surface area (Å²) >= 11 is 0. The molecule has 206 valence electrons. The van der Waals surface area contributed by atoms with E-state index in [9.17, 15) is 22.7 Å². The first kappa shape index (κ1) is 27.1. The Morgan fingerprint density at radius 2 is 1.73 bits per heavy atom. The maximum atomic E-state index is 14.7. The zero-order valence-corrected chi connectivity index (χ0v) is 22.1. The normalized spacial score (nSPS) is 11.7. The van der Waals surface area contributed by atoms with Crippen LogP contribution in [0.2, 0.25) is 0 Å². The molecule has 0 saturated heterocycles. The second kappa shape index (κ2) is 11.3. The fourth-order valence-electron chi connectivity index (χ4n) is 4.39. The Morgan fingerprint density at radius 1 is 0.975 bits per heavy atom. The number of imidazole rings is 1. The molecular formula is C29H26FN3O6S. The number of aromatic amines is 1. The third kappa shape index (κ3) is 6.38. The molecule has 2 aliphatic rings. The maximum absolute atomic E-state index is 14.7. The molecule has 0 fully saturated rings. The van der Waals surface area contributed by atoms with Gasteiger partial charge in [-0.25, -0.2) is 9.37 Å². The molecule has 2 aliphatic heterocycles. The standard InChI is InChI=1S/C29H26FN3O6S/c30-23-15-20(7-12-27(23)39-13-4-14-40(36,37)38)17-25-29(35)33-18-26(21-8-10-22(34)11-9-21)31-24(28(33)32-25)16-19-5-2-1-3-6-19/h1-3,5-12,15,18,31,34H,4,13-14,16-17H2,(H,36,37,38). The van der Waals surface area contributed by atoms with E-state index in [1.54, 1.807) is 36.5 Å². The van der Waals surface area contributed by atoms with Crippen molar-refractivity contribution in [3.05, 3.63) is 118 Å². The van der Waals surface area contributed by atoms with E-state index in [0.717, 1.165) is 16.8 Å². The molecule has 0 unspecified atom stereocenters. The van der Waals surface area contributed by atoms with E-state index in [-0.39, 0.29) is 42.2 Å². The van der Waals surface area contributed by atoms with E-state index in [1.165, 1.54) is 16.7 Å². The monoisotopic (exact) mass is 563 g/mol. The number of phenols is 1. The number of halogens is 1. The summed E-state index contributed by atoms with van der Waals surface area (Å²) in [6.07, 6.45) is 2.25. The van der Waals surface area contributed by atoms with Gasteiger partial charge in [0.1, 0.15) is 11.4 Å². The van der Waals surface area contributed by atoms with E-state index in [1.807, 2.05) is 30.3 Å². The first-order valence-corrected chi connectivity index (χ1v) is 14.1. The van der Waals surface area contributed by atoms with E-state index in [0.29, 0.717) is 23.5 Å². The van der Waals surface area contributed by atoms with Crippen molar-refractivity contribution in [3.63, 3.8) is 0 Å². The number of hydrogen-bond acceptors (Lipinski definition) is 6. The molecular weight excluding hydrogens is 537 g/mol. The van der Waals surface area contributed by atoms with Gasteiger partial charge in [0.2, 0.25) is 0 Å². The number of ether oxygens (including phenoxy) is 1. The minimum Gasteiger partial charge on any atom is -0.508 e. The summed E-state index contributed by atoms with van der Waals surface area (Å²) in [5, 5.41) is 9.69. The van der Waals surface area contributed by atoms with Crippen molar-refractivity contribution < 1.29 is 27.2 Å². The van der Waals surface area contributed by atoms with Crippen molar-refractivity contribution in [1.82, 2.24) is 14.5 Å². The van der Waals surface area contributed by atoms with Crippen molar-refractivity contribution in [2.24, 2.45) is 0 Å². The molecule has 0 radical (unpaired) electrons. The van der Waals surface area contributed by atoms with E-state index in [4.69, 9.17) is 9.29 Å². The third-order valence-electron chi connectivity index (χ3n) is 6.32. The summed E-state index contributed by atoms with van der Waals surface area (Å²) < 4.78 is 51.9. The van der Waals surface area contributed by atoms with Crippen molar-refractivity contribution in [2.75, 3.05) is 12.4 Å². The minimum absolute atomic E-state index is 0.00921. The first-order valence-electron chi connectivity index (χ1n) is 12.5. The van der Waals surface area contributed by atoms with Crippen molar-refractivity contribution in [3.8, 4) is 28.6 Å². The molecule has 11 heteroatoms. The van der Waals surface area contributed by atoms with Gasteiger partial charge in [-0.3, -0.25) is 13.9 Å². The van der Waals surface area contributed by atoms with Crippen LogP contribution in [0.1, 0.15) is 28.9 Å². The van der Waals surface area contributed by atoms with Crippen molar-refractivity contribution >= 4 is 10.1 Å². The molecule has 0 atom stereocenters. The number of rotatable bonds is 10. The van der Waals surface area contributed by atoms with Gasteiger partial charge in [0.15, 0.2) is 17.4 Å². The van der Waals surface area contributed by atoms with Crippen LogP contribution in [0.4, 0.5) is 4.39 Å². The van der Waals surface area contributed by atoms with Crippen molar-refractivity contribution in [1.29, 1.82) is 0 Å². The molecule has 40 heavy (non-hydrogen) atoms. The molecule has 0 aliphatic carbocycles. The number of aromatic nitrogens is 3. The summed E-state index contributed by atoms with van der Waals surface area (Å²) in [5.41, 5.74) is 3.61. The maximum Gasteiger partial charge on any atom is 0.278 e. The molecule has 0 amide bonds. The van der Waals surface area contributed by atoms with Gasteiger partial charge in [0.25, 0.3) is 15.7 Å². The van der Waals surface area contributed by atoms with Gasteiger partial charge in [-0.2, -0.15) is 8.42 Å². The smallest absolute Gasteiger partial charge is 0.278 e. The van der Waals surface area contributed by atoms with E-state index >= 15 is 0 Å². The van der Waals surface area contributed by atoms with Crippen LogP contribution in [0.25, 0.3) is 17.1 Å². The lowest BCUT2D eigenvalue weighted by Crippen LogP contribution is -2.18. The number of nitrogens with one attached hydrogen (secondary N) is 1. The van der Waals surface area contributed by atoms with Crippen LogP contribution in [-0.4, -0.2) is 45.0 Å². The minimum atomic E-state index is -4.11. The summed E-state index contributed by atoms with van der Waals surface area (Å²) in [5.74, 6) is -0.607. The number of benzene rings is 3. The largest absolute Gasteiger partial charge is 0.508 e. The Bertz CT molecular complexity index is 1770. The Kier molecular flexibility index (Phi) is 7.67. The van der Waals surface area contributed by atoms with Crippen LogP contribution < -0.4 is 10.3 Å². The van der Waals surface area contributed by atoms with Gasteiger partial charge in [-0.05, 0) is 59.5 Å². The fraction of sp³-hybridized carbons (Fsp3) is 0.172. The Balaban J connectivity index is 1.45. The quantitative estimate of drug-likeness (QED) is 0.170. The van der Waals surface area contributed by atoms with Crippen LogP contribution in [-0.2, 0) is 23.0 Å². The second-order valence-corrected chi connectivity index (χ2v) is 10.9. The molecule has 3 aromatic carbocycles. The van der Waals surface area contributed by atoms with E-state index < -0.39 is 21.7 Å². The summed E-state index contributed by atoms with van der Waals surface area (Å²) in [7, 11) is -4.11. The molecule has 5 rings (SSSR count). The van der Waals surface area contributed by atoms with E-state index in [2.05, 4.69) is 9.97 Å². The predicted octanol–water partition coefficient (Wildman–Crippen LogP) is 4.35. The highest BCUT2D eigenvalue weighted by molar-refractivity contribution is 7.85. The summed E-state index contributed by atoms with van der Waals surface area (Å²) in [6, 6.07) is 20.7. The molecule has 9 nitrogen and oxygen atoms in total. The first-order chi connectivity index (χ1) is 19.2. The number of fused-ring (bicyclic) bond motifs is 1. The zero-order chi connectivity index (χ0) is 28.3. The second-order valence-electron chi connectivity index (χ2n) is 9.34.